The maximum atomic E-state index is 11.6. The number of ether oxygens (including phenoxy) is 1. The van der Waals surface area contributed by atoms with E-state index in [-0.39, 0.29) is 11.7 Å². The smallest absolute Gasteiger partial charge is 0.340 e. The van der Waals surface area contributed by atoms with Crippen molar-refractivity contribution in [2.75, 3.05) is 5.32 Å². The molecular formula is C14H11NO3. The lowest BCUT2D eigenvalue weighted by atomic mass is 10.1. The molecule has 2 aromatic carbocycles. The highest BCUT2D eigenvalue weighted by molar-refractivity contribution is 5.94. The third-order valence-electron chi connectivity index (χ3n) is 2.83. The zero-order valence-corrected chi connectivity index (χ0v) is 9.46. The molecule has 4 heteroatoms. The van der Waals surface area contributed by atoms with Gasteiger partial charge in [-0.3, -0.25) is 0 Å². The van der Waals surface area contributed by atoms with Crippen LogP contribution in [0.15, 0.2) is 48.5 Å². The van der Waals surface area contributed by atoms with E-state index < -0.39 is 6.23 Å². The number of benzene rings is 2. The molecule has 1 unspecified atom stereocenters. The summed E-state index contributed by atoms with van der Waals surface area (Å²) < 4.78 is 5.24. The number of cyclic esters (lactones) is 1. The van der Waals surface area contributed by atoms with E-state index in [4.69, 9.17) is 4.74 Å². The van der Waals surface area contributed by atoms with Gasteiger partial charge in [0.2, 0.25) is 6.23 Å². The fourth-order valence-corrected chi connectivity index (χ4v) is 2.00. The zero-order valence-electron chi connectivity index (χ0n) is 9.46. The second-order valence-electron chi connectivity index (χ2n) is 4.07. The van der Waals surface area contributed by atoms with Gasteiger partial charge in [0.15, 0.2) is 0 Å². The molecule has 0 amide bonds. The number of carbonyl (C=O) groups is 1. The summed E-state index contributed by atoms with van der Waals surface area (Å²) in [5, 5.41) is 12.5. The molecule has 0 saturated carbocycles. The summed E-state index contributed by atoms with van der Waals surface area (Å²) in [6.45, 7) is 0. The number of phenolic OH excluding ortho intramolecular Hbond substituents is 1. The average Bonchev–Trinajstić information content (AvgIpc) is 2.67. The number of anilines is 1. The summed E-state index contributed by atoms with van der Waals surface area (Å²) in [5.74, 6) is -0.166. The normalized spacial score (nSPS) is 17.1. The van der Waals surface area contributed by atoms with Crippen molar-refractivity contribution in [2.24, 2.45) is 0 Å². The quantitative estimate of drug-likeness (QED) is 0.793. The Labute approximate surface area is 104 Å². The van der Waals surface area contributed by atoms with E-state index in [1.54, 1.807) is 36.4 Å². The van der Waals surface area contributed by atoms with Crippen molar-refractivity contribution in [3.63, 3.8) is 0 Å². The van der Waals surface area contributed by atoms with Crippen molar-refractivity contribution in [3.8, 4) is 5.75 Å². The van der Waals surface area contributed by atoms with Gasteiger partial charge in [0.05, 0.1) is 5.56 Å². The van der Waals surface area contributed by atoms with Crippen LogP contribution in [0, 0.1) is 0 Å². The van der Waals surface area contributed by atoms with Gasteiger partial charge in [-0.25, -0.2) is 4.79 Å². The fraction of sp³-hybridized carbons (Fsp3) is 0.0714. The minimum Gasteiger partial charge on any atom is -0.508 e. The van der Waals surface area contributed by atoms with Gasteiger partial charge in [-0.2, -0.15) is 0 Å². The molecule has 2 aromatic rings. The Morgan fingerprint density at radius 2 is 1.94 bits per heavy atom. The van der Waals surface area contributed by atoms with E-state index in [2.05, 4.69) is 5.32 Å². The Bertz CT molecular complexity index is 609. The lowest BCUT2D eigenvalue weighted by Gasteiger charge is -2.14. The predicted molar refractivity (Wildman–Crippen MR) is 66.3 cm³/mol. The Morgan fingerprint density at radius 3 is 2.78 bits per heavy atom. The van der Waals surface area contributed by atoms with Crippen molar-refractivity contribution in [1.82, 2.24) is 0 Å². The SMILES string of the molecule is O=C1OC(Nc2cccc(O)c2)c2ccccc21. The average molecular weight is 241 g/mol. The number of nitrogens with one attached hydrogen (secondary N) is 1. The van der Waals surface area contributed by atoms with Crippen LogP contribution in [0.5, 0.6) is 5.75 Å². The molecule has 0 fully saturated rings. The summed E-state index contributed by atoms with van der Waals surface area (Å²) in [7, 11) is 0. The monoisotopic (exact) mass is 241 g/mol. The van der Waals surface area contributed by atoms with Gasteiger partial charge in [-0.1, -0.05) is 24.3 Å². The summed E-state index contributed by atoms with van der Waals surface area (Å²) in [6, 6.07) is 13.9. The molecule has 0 spiro atoms. The number of carbonyl (C=O) groups excluding carboxylic acids is 1. The first-order chi connectivity index (χ1) is 8.74. The van der Waals surface area contributed by atoms with E-state index in [9.17, 15) is 9.90 Å². The maximum Gasteiger partial charge on any atom is 0.340 e. The first kappa shape index (κ1) is 10.7. The van der Waals surface area contributed by atoms with Gasteiger partial charge in [0, 0.05) is 17.3 Å². The van der Waals surface area contributed by atoms with Crippen LogP contribution in [-0.4, -0.2) is 11.1 Å². The summed E-state index contributed by atoms with van der Waals surface area (Å²) >= 11 is 0. The predicted octanol–water partition coefficient (Wildman–Crippen LogP) is 2.67. The Morgan fingerprint density at radius 1 is 1.11 bits per heavy atom. The second kappa shape index (κ2) is 4.07. The van der Waals surface area contributed by atoms with E-state index in [0.717, 1.165) is 5.56 Å². The van der Waals surface area contributed by atoms with Gasteiger partial charge < -0.3 is 15.2 Å². The molecule has 1 heterocycles. The van der Waals surface area contributed by atoms with Crippen LogP contribution in [0.2, 0.25) is 0 Å². The summed E-state index contributed by atoms with van der Waals surface area (Å²) in [4.78, 5) is 11.6. The van der Waals surface area contributed by atoms with Gasteiger partial charge in [-0.05, 0) is 18.2 Å². The fourth-order valence-electron chi connectivity index (χ4n) is 2.00. The molecule has 1 aliphatic rings. The third-order valence-corrected chi connectivity index (χ3v) is 2.83. The highest BCUT2D eigenvalue weighted by atomic mass is 16.6. The Kier molecular flexibility index (Phi) is 2.41. The van der Waals surface area contributed by atoms with E-state index in [0.29, 0.717) is 11.3 Å². The van der Waals surface area contributed by atoms with Crippen LogP contribution < -0.4 is 5.32 Å². The minimum atomic E-state index is -0.504. The molecule has 0 radical (unpaired) electrons. The van der Waals surface area contributed by atoms with Crippen LogP contribution in [0.4, 0.5) is 5.69 Å². The van der Waals surface area contributed by atoms with E-state index in [1.807, 2.05) is 12.1 Å². The van der Waals surface area contributed by atoms with Crippen molar-refractivity contribution < 1.29 is 14.6 Å². The summed E-state index contributed by atoms with van der Waals surface area (Å²) in [5.41, 5.74) is 2.09. The molecule has 1 atom stereocenters. The number of phenols is 1. The molecule has 0 bridgehead atoms. The lowest BCUT2D eigenvalue weighted by molar-refractivity contribution is 0.0437. The molecule has 4 nitrogen and oxygen atoms in total. The number of rotatable bonds is 2. The first-order valence-electron chi connectivity index (χ1n) is 5.59. The third kappa shape index (κ3) is 1.78. The number of hydrogen-bond acceptors (Lipinski definition) is 4. The van der Waals surface area contributed by atoms with Crippen molar-refractivity contribution in [3.05, 3.63) is 59.7 Å². The molecule has 1 aliphatic heterocycles. The Balaban J connectivity index is 1.90. The van der Waals surface area contributed by atoms with Crippen LogP contribution in [-0.2, 0) is 4.74 Å². The van der Waals surface area contributed by atoms with Crippen LogP contribution in [0.3, 0.4) is 0 Å². The van der Waals surface area contributed by atoms with E-state index in [1.165, 1.54) is 0 Å². The molecule has 3 rings (SSSR count). The van der Waals surface area contributed by atoms with Crippen molar-refractivity contribution in [2.45, 2.75) is 6.23 Å². The zero-order chi connectivity index (χ0) is 12.5. The van der Waals surface area contributed by atoms with Crippen molar-refractivity contribution >= 4 is 11.7 Å². The summed E-state index contributed by atoms with van der Waals surface area (Å²) in [6.07, 6.45) is -0.504. The molecule has 0 aliphatic carbocycles. The lowest BCUT2D eigenvalue weighted by Crippen LogP contribution is -2.10. The van der Waals surface area contributed by atoms with Crippen molar-refractivity contribution in [1.29, 1.82) is 0 Å². The molecule has 2 N–H and O–H groups in total. The maximum absolute atomic E-state index is 11.6. The van der Waals surface area contributed by atoms with Gasteiger partial charge >= 0.3 is 5.97 Å². The minimum absolute atomic E-state index is 0.164. The van der Waals surface area contributed by atoms with Gasteiger partial charge in [0.1, 0.15) is 5.75 Å². The molecule has 0 aromatic heterocycles. The molecule has 0 saturated heterocycles. The first-order valence-corrected chi connectivity index (χ1v) is 5.59. The van der Waals surface area contributed by atoms with Crippen LogP contribution in [0.25, 0.3) is 0 Å². The van der Waals surface area contributed by atoms with Crippen LogP contribution >= 0.6 is 0 Å². The Hall–Kier alpha value is -2.49. The second-order valence-corrected chi connectivity index (χ2v) is 4.07. The topological polar surface area (TPSA) is 58.6 Å². The van der Waals surface area contributed by atoms with Crippen LogP contribution in [0.1, 0.15) is 22.1 Å². The molecular weight excluding hydrogens is 230 g/mol. The van der Waals surface area contributed by atoms with Gasteiger partial charge in [0.25, 0.3) is 0 Å². The van der Waals surface area contributed by atoms with Gasteiger partial charge in [-0.15, -0.1) is 0 Å². The molecule has 18 heavy (non-hydrogen) atoms. The standard InChI is InChI=1S/C14H11NO3/c16-10-5-3-4-9(8-10)15-13-11-6-1-2-7-12(11)14(17)18-13/h1-8,13,15-16H. The number of esters is 1. The highest BCUT2D eigenvalue weighted by Gasteiger charge is 2.30. The largest absolute Gasteiger partial charge is 0.508 e. The number of aromatic hydroxyl groups is 1. The number of fused-ring (bicyclic) bond motifs is 1. The number of hydrogen-bond donors (Lipinski definition) is 2. The highest BCUT2D eigenvalue weighted by Crippen LogP contribution is 2.31. The van der Waals surface area contributed by atoms with E-state index >= 15 is 0 Å². The molecule has 90 valence electrons.